The third-order valence-electron chi connectivity index (χ3n) is 2.93. The number of carbonyl (C=O) groups is 1. The van der Waals surface area contributed by atoms with E-state index in [0.717, 1.165) is 13.1 Å². The summed E-state index contributed by atoms with van der Waals surface area (Å²) < 4.78 is 0. The molecule has 1 heterocycles. The molecule has 0 aliphatic carbocycles. The van der Waals surface area contributed by atoms with E-state index in [9.17, 15) is 4.79 Å². The van der Waals surface area contributed by atoms with Gasteiger partial charge in [-0.3, -0.25) is 9.69 Å². The summed E-state index contributed by atoms with van der Waals surface area (Å²) in [5.74, 6) is 0.596. The molecule has 13 heavy (non-hydrogen) atoms. The summed E-state index contributed by atoms with van der Waals surface area (Å²) in [5.41, 5.74) is 1.17. The third-order valence-corrected chi connectivity index (χ3v) is 2.93. The lowest BCUT2D eigenvalue weighted by Gasteiger charge is -2.36. The number of rotatable bonds is 2. The van der Waals surface area contributed by atoms with Crippen molar-refractivity contribution in [1.82, 2.24) is 4.90 Å². The molecule has 2 atom stereocenters. The minimum atomic E-state index is 0.188. The van der Waals surface area contributed by atoms with E-state index in [2.05, 4.69) is 18.4 Å². The molecular weight excluding hydrogens is 162 g/mol. The molecule has 0 N–H and O–H groups in total. The van der Waals surface area contributed by atoms with E-state index in [1.165, 1.54) is 5.57 Å². The number of hydrogen-bond donors (Lipinski definition) is 0. The van der Waals surface area contributed by atoms with Gasteiger partial charge in [0.1, 0.15) is 5.78 Å². The minimum absolute atomic E-state index is 0.188. The molecule has 0 aromatic rings. The number of piperidine rings is 1. The number of nitrogens with zero attached hydrogens (tertiary/aromatic N) is 1. The average molecular weight is 181 g/mol. The second-order valence-corrected chi connectivity index (χ2v) is 4.17. The summed E-state index contributed by atoms with van der Waals surface area (Å²) in [5, 5.41) is 0. The topological polar surface area (TPSA) is 20.3 Å². The second-order valence-electron chi connectivity index (χ2n) is 4.17. The lowest BCUT2D eigenvalue weighted by molar-refractivity contribution is -0.127. The first-order valence-electron chi connectivity index (χ1n) is 4.93. The SMILES string of the molecule is C=C(C)CN1CCC(=O)C(C)C1C. The zero-order chi connectivity index (χ0) is 10.0. The van der Waals surface area contributed by atoms with Gasteiger partial charge in [0.25, 0.3) is 0 Å². The van der Waals surface area contributed by atoms with Crippen molar-refractivity contribution < 1.29 is 4.79 Å². The van der Waals surface area contributed by atoms with Crippen LogP contribution in [0.1, 0.15) is 27.2 Å². The van der Waals surface area contributed by atoms with Crippen LogP contribution >= 0.6 is 0 Å². The van der Waals surface area contributed by atoms with Crippen molar-refractivity contribution in [2.75, 3.05) is 13.1 Å². The highest BCUT2D eigenvalue weighted by molar-refractivity contribution is 5.82. The van der Waals surface area contributed by atoms with Gasteiger partial charge in [0.05, 0.1) is 0 Å². The lowest BCUT2D eigenvalue weighted by atomic mass is 9.90. The molecule has 0 saturated carbocycles. The Morgan fingerprint density at radius 2 is 2.23 bits per heavy atom. The first-order chi connectivity index (χ1) is 6.02. The van der Waals surface area contributed by atoms with Crippen LogP contribution in [-0.2, 0) is 4.79 Å². The standard InChI is InChI=1S/C11H19NO/c1-8(2)7-12-6-5-11(13)9(3)10(12)4/h9-10H,1,5-7H2,2-4H3. The van der Waals surface area contributed by atoms with Crippen molar-refractivity contribution in [2.45, 2.75) is 33.2 Å². The van der Waals surface area contributed by atoms with Crippen molar-refractivity contribution in [3.05, 3.63) is 12.2 Å². The van der Waals surface area contributed by atoms with Gasteiger partial charge in [-0.05, 0) is 13.8 Å². The summed E-state index contributed by atoms with van der Waals surface area (Å²) in [4.78, 5) is 13.7. The van der Waals surface area contributed by atoms with Crippen LogP contribution in [0.5, 0.6) is 0 Å². The molecule has 1 aliphatic heterocycles. The molecule has 1 fully saturated rings. The normalized spacial score (nSPS) is 30.5. The largest absolute Gasteiger partial charge is 0.299 e. The highest BCUT2D eigenvalue weighted by atomic mass is 16.1. The second kappa shape index (κ2) is 4.05. The number of ketones is 1. The van der Waals surface area contributed by atoms with Gasteiger partial charge in [0.15, 0.2) is 0 Å². The van der Waals surface area contributed by atoms with Gasteiger partial charge in [-0.15, -0.1) is 0 Å². The van der Waals surface area contributed by atoms with E-state index in [1.54, 1.807) is 0 Å². The van der Waals surface area contributed by atoms with Crippen LogP contribution < -0.4 is 0 Å². The molecule has 1 aliphatic rings. The van der Waals surface area contributed by atoms with Crippen LogP contribution in [0, 0.1) is 5.92 Å². The van der Waals surface area contributed by atoms with E-state index in [4.69, 9.17) is 0 Å². The van der Waals surface area contributed by atoms with Crippen LogP contribution in [0.2, 0.25) is 0 Å². The molecule has 0 radical (unpaired) electrons. The Morgan fingerprint density at radius 1 is 1.62 bits per heavy atom. The van der Waals surface area contributed by atoms with Gasteiger partial charge in [0.2, 0.25) is 0 Å². The van der Waals surface area contributed by atoms with E-state index in [1.807, 2.05) is 13.8 Å². The van der Waals surface area contributed by atoms with E-state index in [-0.39, 0.29) is 5.92 Å². The summed E-state index contributed by atoms with van der Waals surface area (Å²) in [6, 6.07) is 0.373. The molecule has 2 unspecified atom stereocenters. The van der Waals surface area contributed by atoms with E-state index < -0.39 is 0 Å². The summed E-state index contributed by atoms with van der Waals surface area (Å²) in [6.45, 7) is 11.9. The Labute approximate surface area is 80.6 Å². The summed E-state index contributed by atoms with van der Waals surface area (Å²) >= 11 is 0. The molecule has 0 aromatic heterocycles. The molecule has 1 rings (SSSR count). The first kappa shape index (κ1) is 10.5. The molecule has 0 bridgehead atoms. The molecule has 1 saturated heterocycles. The maximum atomic E-state index is 11.4. The van der Waals surface area contributed by atoms with Gasteiger partial charge in [-0.2, -0.15) is 0 Å². The van der Waals surface area contributed by atoms with Gasteiger partial charge < -0.3 is 0 Å². The zero-order valence-corrected chi connectivity index (χ0v) is 8.84. The number of likely N-dealkylation sites (tertiary alicyclic amines) is 1. The molecule has 2 heteroatoms. The Bertz CT molecular complexity index is 222. The maximum Gasteiger partial charge on any atom is 0.138 e. The minimum Gasteiger partial charge on any atom is -0.299 e. The highest BCUT2D eigenvalue weighted by Gasteiger charge is 2.30. The third kappa shape index (κ3) is 2.41. The molecule has 0 amide bonds. The Hall–Kier alpha value is -0.630. The van der Waals surface area contributed by atoms with E-state index in [0.29, 0.717) is 18.2 Å². The number of carbonyl (C=O) groups excluding carboxylic acids is 1. The zero-order valence-electron chi connectivity index (χ0n) is 8.84. The summed E-state index contributed by atoms with van der Waals surface area (Å²) in [7, 11) is 0. The molecule has 0 aromatic carbocycles. The highest BCUT2D eigenvalue weighted by Crippen LogP contribution is 2.20. The maximum absolute atomic E-state index is 11.4. The van der Waals surface area contributed by atoms with Crippen LogP contribution in [-0.4, -0.2) is 29.8 Å². The molecule has 2 nitrogen and oxygen atoms in total. The van der Waals surface area contributed by atoms with Crippen molar-refractivity contribution in [2.24, 2.45) is 5.92 Å². The fourth-order valence-electron chi connectivity index (χ4n) is 1.84. The predicted molar refractivity (Wildman–Crippen MR) is 54.6 cm³/mol. The van der Waals surface area contributed by atoms with Gasteiger partial charge in [-0.25, -0.2) is 0 Å². The fraction of sp³-hybridized carbons (Fsp3) is 0.727. The van der Waals surface area contributed by atoms with Crippen molar-refractivity contribution in [3.63, 3.8) is 0 Å². The average Bonchev–Trinajstić information content (AvgIpc) is 2.06. The van der Waals surface area contributed by atoms with Crippen LogP contribution in [0.4, 0.5) is 0 Å². The Morgan fingerprint density at radius 3 is 2.77 bits per heavy atom. The number of Topliss-reactive ketones (excluding diaryl/α,β-unsaturated/α-hetero) is 1. The van der Waals surface area contributed by atoms with Gasteiger partial charge in [-0.1, -0.05) is 19.1 Å². The molecule has 74 valence electrons. The summed E-state index contributed by atoms with van der Waals surface area (Å²) in [6.07, 6.45) is 0.707. The van der Waals surface area contributed by atoms with Crippen LogP contribution in [0.3, 0.4) is 0 Å². The molecule has 0 spiro atoms. The quantitative estimate of drug-likeness (QED) is 0.606. The lowest BCUT2D eigenvalue weighted by Crippen LogP contribution is -2.47. The fourth-order valence-corrected chi connectivity index (χ4v) is 1.84. The first-order valence-corrected chi connectivity index (χ1v) is 4.93. The van der Waals surface area contributed by atoms with Gasteiger partial charge >= 0.3 is 0 Å². The van der Waals surface area contributed by atoms with Crippen LogP contribution in [0.25, 0.3) is 0 Å². The predicted octanol–water partition coefficient (Wildman–Crippen LogP) is 1.86. The Balaban J connectivity index is 2.58. The Kier molecular flexibility index (Phi) is 3.26. The van der Waals surface area contributed by atoms with Crippen LogP contribution in [0.15, 0.2) is 12.2 Å². The van der Waals surface area contributed by atoms with Crippen molar-refractivity contribution in [3.8, 4) is 0 Å². The van der Waals surface area contributed by atoms with E-state index >= 15 is 0 Å². The number of hydrogen-bond acceptors (Lipinski definition) is 2. The molecular formula is C11H19NO. The van der Waals surface area contributed by atoms with Gasteiger partial charge in [0, 0.05) is 31.5 Å². The van der Waals surface area contributed by atoms with Crippen molar-refractivity contribution >= 4 is 5.78 Å². The monoisotopic (exact) mass is 181 g/mol. The van der Waals surface area contributed by atoms with Crippen molar-refractivity contribution in [1.29, 1.82) is 0 Å². The smallest absolute Gasteiger partial charge is 0.138 e.